The molecule has 1 aromatic rings. The highest BCUT2D eigenvalue weighted by atomic mass is 16.5. The summed E-state index contributed by atoms with van der Waals surface area (Å²) in [6, 6.07) is 2.07. The molecule has 6 heteroatoms. The Morgan fingerprint density at radius 2 is 1.65 bits per heavy atom. The Kier molecular flexibility index (Phi) is 4.03. The summed E-state index contributed by atoms with van der Waals surface area (Å²) in [4.78, 5) is 16.3. The minimum Gasteiger partial charge on any atom is -0.378 e. The van der Waals surface area contributed by atoms with Crippen molar-refractivity contribution >= 4 is 11.8 Å². The molecule has 20 heavy (non-hydrogen) atoms. The number of rotatable bonds is 2. The molecule has 0 N–H and O–H groups in total. The summed E-state index contributed by atoms with van der Waals surface area (Å²) in [5.74, 6) is 1.91. The first-order valence-corrected chi connectivity index (χ1v) is 7.34. The minimum atomic E-state index is 0.785. The zero-order valence-corrected chi connectivity index (χ0v) is 12.4. The number of aromatic nitrogens is 2. The van der Waals surface area contributed by atoms with Crippen LogP contribution in [0.4, 0.5) is 11.8 Å². The lowest BCUT2D eigenvalue weighted by atomic mass is 10.3. The van der Waals surface area contributed by atoms with Crippen LogP contribution in [0.1, 0.15) is 5.69 Å². The molecule has 3 rings (SSSR count). The van der Waals surface area contributed by atoms with Gasteiger partial charge < -0.3 is 19.4 Å². The molecule has 0 amide bonds. The maximum atomic E-state index is 5.41. The molecule has 2 aliphatic rings. The first kappa shape index (κ1) is 13.6. The zero-order chi connectivity index (χ0) is 13.9. The van der Waals surface area contributed by atoms with E-state index in [1.54, 1.807) is 0 Å². The van der Waals surface area contributed by atoms with E-state index in [-0.39, 0.29) is 0 Å². The van der Waals surface area contributed by atoms with E-state index in [9.17, 15) is 0 Å². The lowest BCUT2D eigenvalue weighted by molar-refractivity contribution is 0.122. The zero-order valence-electron chi connectivity index (χ0n) is 12.4. The smallest absolute Gasteiger partial charge is 0.227 e. The third-order valence-electron chi connectivity index (χ3n) is 3.95. The highest BCUT2D eigenvalue weighted by molar-refractivity contribution is 5.46. The number of piperazine rings is 1. The highest BCUT2D eigenvalue weighted by Crippen LogP contribution is 2.19. The average Bonchev–Trinajstić information content (AvgIpc) is 2.48. The van der Waals surface area contributed by atoms with Crippen molar-refractivity contribution in [3.05, 3.63) is 11.8 Å². The lowest BCUT2D eigenvalue weighted by Gasteiger charge is -2.33. The Balaban J connectivity index is 1.79. The molecule has 2 fully saturated rings. The van der Waals surface area contributed by atoms with Crippen molar-refractivity contribution < 1.29 is 4.74 Å². The van der Waals surface area contributed by atoms with E-state index in [0.29, 0.717) is 0 Å². The van der Waals surface area contributed by atoms with E-state index in [4.69, 9.17) is 9.72 Å². The summed E-state index contributed by atoms with van der Waals surface area (Å²) in [5.41, 5.74) is 1.04. The van der Waals surface area contributed by atoms with E-state index in [1.165, 1.54) is 0 Å². The Labute approximate surface area is 120 Å². The number of aryl methyl sites for hydroxylation is 1. The van der Waals surface area contributed by atoms with Crippen LogP contribution in [0, 0.1) is 6.92 Å². The van der Waals surface area contributed by atoms with E-state index in [1.807, 2.05) is 6.92 Å². The summed E-state index contributed by atoms with van der Waals surface area (Å²) >= 11 is 0. The second kappa shape index (κ2) is 5.93. The van der Waals surface area contributed by atoms with Crippen molar-refractivity contribution in [2.45, 2.75) is 6.92 Å². The number of hydrogen-bond acceptors (Lipinski definition) is 6. The lowest BCUT2D eigenvalue weighted by Crippen LogP contribution is -2.45. The Morgan fingerprint density at radius 1 is 0.950 bits per heavy atom. The van der Waals surface area contributed by atoms with Crippen molar-refractivity contribution in [3.63, 3.8) is 0 Å². The van der Waals surface area contributed by atoms with Gasteiger partial charge in [-0.25, -0.2) is 4.98 Å². The molecule has 2 saturated heterocycles. The molecular formula is C14H23N5O. The van der Waals surface area contributed by atoms with E-state index in [0.717, 1.165) is 69.9 Å². The molecule has 0 bridgehead atoms. The molecule has 6 nitrogen and oxygen atoms in total. The van der Waals surface area contributed by atoms with Crippen LogP contribution in [0.5, 0.6) is 0 Å². The fourth-order valence-electron chi connectivity index (χ4n) is 2.64. The minimum absolute atomic E-state index is 0.785. The molecule has 0 aliphatic carbocycles. The van der Waals surface area contributed by atoms with Gasteiger partial charge in [-0.3, -0.25) is 0 Å². The van der Waals surface area contributed by atoms with Crippen molar-refractivity contribution in [1.29, 1.82) is 0 Å². The molecule has 0 aromatic carbocycles. The highest BCUT2D eigenvalue weighted by Gasteiger charge is 2.19. The number of anilines is 2. The van der Waals surface area contributed by atoms with Crippen LogP contribution in [0.3, 0.4) is 0 Å². The van der Waals surface area contributed by atoms with Gasteiger partial charge in [0.15, 0.2) is 0 Å². The van der Waals surface area contributed by atoms with Crippen LogP contribution < -0.4 is 9.80 Å². The molecule has 0 unspecified atom stereocenters. The molecule has 0 saturated carbocycles. The number of hydrogen-bond donors (Lipinski definition) is 0. The third-order valence-corrected chi connectivity index (χ3v) is 3.95. The second-order valence-electron chi connectivity index (χ2n) is 5.56. The van der Waals surface area contributed by atoms with Crippen LogP contribution in [0.2, 0.25) is 0 Å². The predicted molar refractivity (Wildman–Crippen MR) is 79.5 cm³/mol. The van der Waals surface area contributed by atoms with Gasteiger partial charge in [0.1, 0.15) is 5.82 Å². The molecule has 0 atom stereocenters. The average molecular weight is 277 g/mol. The first-order chi connectivity index (χ1) is 9.72. The van der Waals surface area contributed by atoms with Gasteiger partial charge in [0.2, 0.25) is 5.95 Å². The largest absolute Gasteiger partial charge is 0.378 e. The monoisotopic (exact) mass is 277 g/mol. The van der Waals surface area contributed by atoms with E-state index >= 15 is 0 Å². The Morgan fingerprint density at radius 3 is 2.35 bits per heavy atom. The fourth-order valence-corrected chi connectivity index (χ4v) is 2.64. The van der Waals surface area contributed by atoms with Crippen molar-refractivity contribution in [2.24, 2.45) is 0 Å². The summed E-state index contributed by atoms with van der Waals surface area (Å²) in [6.45, 7) is 9.60. The van der Waals surface area contributed by atoms with Crippen LogP contribution in [-0.4, -0.2) is 74.4 Å². The summed E-state index contributed by atoms with van der Waals surface area (Å²) in [6.07, 6.45) is 0. The van der Waals surface area contributed by atoms with Gasteiger partial charge >= 0.3 is 0 Å². The van der Waals surface area contributed by atoms with Crippen molar-refractivity contribution in [1.82, 2.24) is 14.9 Å². The van der Waals surface area contributed by atoms with Crippen LogP contribution in [0.15, 0.2) is 6.07 Å². The predicted octanol–water partition coefficient (Wildman–Crippen LogP) is 0.373. The maximum Gasteiger partial charge on any atom is 0.227 e. The van der Waals surface area contributed by atoms with Crippen LogP contribution in [-0.2, 0) is 4.74 Å². The van der Waals surface area contributed by atoms with Gasteiger partial charge in [-0.1, -0.05) is 0 Å². The maximum absolute atomic E-state index is 5.41. The van der Waals surface area contributed by atoms with Crippen LogP contribution >= 0.6 is 0 Å². The standard InChI is InChI=1S/C14H23N5O/c1-12-11-13(18-7-9-20-10-8-18)16-14(15-12)19-5-3-17(2)4-6-19/h11H,3-10H2,1-2H3. The quantitative estimate of drug-likeness (QED) is 0.778. The van der Waals surface area contributed by atoms with Gasteiger partial charge in [0.25, 0.3) is 0 Å². The number of ether oxygens (including phenoxy) is 1. The Hall–Kier alpha value is -1.40. The molecule has 110 valence electrons. The second-order valence-corrected chi connectivity index (χ2v) is 5.56. The topological polar surface area (TPSA) is 44.7 Å². The van der Waals surface area contributed by atoms with Crippen molar-refractivity contribution in [3.8, 4) is 0 Å². The number of morpholine rings is 1. The molecule has 1 aromatic heterocycles. The number of likely N-dealkylation sites (N-methyl/N-ethyl adjacent to an activating group) is 1. The first-order valence-electron chi connectivity index (χ1n) is 7.34. The molecule has 0 spiro atoms. The van der Waals surface area contributed by atoms with E-state index in [2.05, 4.69) is 32.8 Å². The SMILES string of the molecule is Cc1cc(N2CCOCC2)nc(N2CCN(C)CC2)n1. The Bertz CT molecular complexity index is 453. The molecule has 3 heterocycles. The summed E-state index contributed by atoms with van der Waals surface area (Å²) in [5, 5.41) is 0. The summed E-state index contributed by atoms with van der Waals surface area (Å²) in [7, 11) is 2.16. The van der Waals surface area contributed by atoms with E-state index < -0.39 is 0 Å². The summed E-state index contributed by atoms with van der Waals surface area (Å²) < 4.78 is 5.41. The molecule has 2 aliphatic heterocycles. The normalized spacial score (nSPS) is 21.3. The van der Waals surface area contributed by atoms with Gasteiger partial charge in [0.05, 0.1) is 13.2 Å². The van der Waals surface area contributed by atoms with Crippen molar-refractivity contribution in [2.75, 3.05) is 69.3 Å². The van der Waals surface area contributed by atoms with Gasteiger partial charge in [-0.15, -0.1) is 0 Å². The molecule has 0 radical (unpaired) electrons. The third kappa shape index (κ3) is 3.02. The van der Waals surface area contributed by atoms with Crippen LogP contribution in [0.25, 0.3) is 0 Å². The molecular weight excluding hydrogens is 254 g/mol. The fraction of sp³-hybridized carbons (Fsp3) is 0.714. The number of nitrogens with zero attached hydrogens (tertiary/aromatic N) is 5. The van der Waals surface area contributed by atoms with Gasteiger partial charge in [0, 0.05) is 51.0 Å². The van der Waals surface area contributed by atoms with Gasteiger partial charge in [-0.05, 0) is 14.0 Å². The van der Waals surface area contributed by atoms with Gasteiger partial charge in [-0.2, -0.15) is 4.98 Å².